The molecule has 0 aliphatic carbocycles. The van der Waals surface area contributed by atoms with Gasteiger partial charge in [0.25, 0.3) is 0 Å². The molecule has 3 rings (SSSR count). The largest absolute Gasteiger partial charge is 0.369 e. The summed E-state index contributed by atoms with van der Waals surface area (Å²) in [6, 6.07) is 6.16. The highest BCUT2D eigenvalue weighted by atomic mass is 35.5. The molecule has 1 fully saturated rings. The average molecular weight is 279 g/mol. The number of nitrogens with two attached hydrogens (primary N) is 1. The Morgan fingerprint density at radius 2 is 2.21 bits per heavy atom. The average Bonchev–Trinajstić information content (AvgIpc) is 2.65. The Hall–Kier alpha value is -1.26. The quantitative estimate of drug-likeness (QED) is 0.873. The lowest BCUT2D eigenvalue weighted by Gasteiger charge is -2.36. The van der Waals surface area contributed by atoms with E-state index in [0.29, 0.717) is 17.9 Å². The number of fused-ring (bicyclic) bond motifs is 1. The van der Waals surface area contributed by atoms with Crippen molar-refractivity contribution in [2.24, 2.45) is 5.92 Å². The van der Waals surface area contributed by atoms with Crippen molar-refractivity contribution in [3.05, 3.63) is 23.2 Å². The summed E-state index contributed by atoms with van der Waals surface area (Å²) in [7, 11) is 2.17. The van der Waals surface area contributed by atoms with E-state index in [9.17, 15) is 0 Å². The van der Waals surface area contributed by atoms with Crippen LogP contribution in [0.1, 0.15) is 19.4 Å². The lowest BCUT2D eigenvalue weighted by Crippen LogP contribution is -2.38. The first-order valence-corrected chi connectivity index (χ1v) is 7.05. The lowest BCUT2D eigenvalue weighted by atomic mass is 9.94. The van der Waals surface area contributed by atoms with Crippen LogP contribution >= 0.6 is 11.6 Å². The number of imidazole rings is 1. The van der Waals surface area contributed by atoms with Crippen LogP contribution in [0.25, 0.3) is 11.0 Å². The van der Waals surface area contributed by atoms with Gasteiger partial charge < -0.3 is 15.2 Å². The molecule has 0 bridgehead atoms. The molecule has 2 atom stereocenters. The Bertz CT molecular complexity index is 607. The molecule has 102 valence electrons. The molecule has 19 heavy (non-hydrogen) atoms. The van der Waals surface area contributed by atoms with Gasteiger partial charge in [0, 0.05) is 17.6 Å². The van der Waals surface area contributed by atoms with Crippen molar-refractivity contribution in [2.75, 3.05) is 25.9 Å². The molecule has 1 saturated heterocycles. The fourth-order valence-corrected chi connectivity index (χ4v) is 3.32. The molecule has 1 aliphatic rings. The highest BCUT2D eigenvalue weighted by Gasteiger charge is 2.28. The van der Waals surface area contributed by atoms with Crippen LogP contribution in [-0.2, 0) is 0 Å². The fraction of sp³-hybridized carbons (Fsp3) is 0.500. The van der Waals surface area contributed by atoms with Gasteiger partial charge in [0.1, 0.15) is 0 Å². The normalized spacial score (nSPS) is 25.0. The van der Waals surface area contributed by atoms with Crippen molar-refractivity contribution in [2.45, 2.75) is 19.4 Å². The van der Waals surface area contributed by atoms with E-state index in [4.69, 9.17) is 17.3 Å². The van der Waals surface area contributed by atoms with Crippen molar-refractivity contribution < 1.29 is 0 Å². The van der Waals surface area contributed by atoms with Crippen LogP contribution in [0.15, 0.2) is 18.2 Å². The molecule has 2 N–H and O–H groups in total. The molecule has 1 aliphatic heterocycles. The van der Waals surface area contributed by atoms with E-state index in [1.165, 1.54) is 0 Å². The van der Waals surface area contributed by atoms with Gasteiger partial charge in [-0.3, -0.25) is 0 Å². The molecule has 0 spiro atoms. The zero-order valence-electron chi connectivity index (χ0n) is 11.3. The van der Waals surface area contributed by atoms with Gasteiger partial charge in [-0.15, -0.1) is 0 Å². The number of hydrogen-bond donors (Lipinski definition) is 1. The summed E-state index contributed by atoms with van der Waals surface area (Å²) in [6.45, 7) is 4.45. The molecule has 0 amide bonds. The van der Waals surface area contributed by atoms with Gasteiger partial charge in [0.2, 0.25) is 5.95 Å². The lowest BCUT2D eigenvalue weighted by molar-refractivity contribution is 0.162. The Morgan fingerprint density at radius 3 is 2.95 bits per heavy atom. The predicted molar refractivity (Wildman–Crippen MR) is 79.5 cm³/mol. The number of anilines is 1. The minimum Gasteiger partial charge on any atom is -0.369 e. The second-order valence-corrected chi connectivity index (χ2v) is 6.01. The van der Waals surface area contributed by atoms with E-state index in [0.717, 1.165) is 35.6 Å². The molecule has 0 radical (unpaired) electrons. The Labute approximate surface area is 118 Å². The first-order valence-electron chi connectivity index (χ1n) is 6.68. The molecule has 2 heterocycles. The number of hydrogen-bond acceptors (Lipinski definition) is 3. The maximum atomic E-state index is 6.13. The summed E-state index contributed by atoms with van der Waals surface area (Å²) in [6.07, 6.45) is 1.10. The van der Waals surface area contributed by atoms with Crippen LogP contribution in [0.5, 0.6) is 0 Å². The van der Waals surface area contributed by atoms with Crippen molar-refractivity contribution in [3.8, 4) is 0 Å². The molecule has 1 aromatic carbocycles. The number of likely N-dealkylation sites (tertiary alicyclic amines) is 1. The van der Waals surface area contributed by atoms with Crippen molar-refractivity contribution >= 4 is 28.6 Å². The molecule has 1 aromatic heterocycles. The molecule has 5 heteroatoms. The van der Waals surface area contributed by atoms with E-state index >= 15 is 0 Å². The minimum atomic E-state index is 0.402. The number of nitrogen functional groups attached to an aromatic ring is 1. The number of benzene rings is 1. The second-order valence-electron chi connectivity index (χ2n) is 5.57. The van der Waals surface area contributed by atoms with Crippen molar-refractivity contribution in [1.29, 1.82) is 0 Å². The summed E-state index contributed by atoms with van der Waals surface area (Å²) in [5, 5.41) is 0.731. The van der Waals surface area contributed by atoms with E-state index in [1.807, 2.05) is 18.2 Å². The van der Waals surface area contributed by atoms with Gasteiger partial charge in [-0.05, 0) is 44.1 Å². The molecule has 4 nitrogen and oxygen atoms in total. The topological polar surface area (TPSA) is 47.1 Å². The van der Waals surface area contributed by atoms with Gasteiger partial charge in [-0.1, -0.05) is 18.5 Å². The first-order chi connectivity index (χ1) is 9.06. The summed E-state index contributed by atoms with van der Waals surface area (Å²) < 4.78 is 2.17. The van der Waals surface area contributed by atoms with Gasteiger partial charge in [0.15, 0.2) is 0 Å². The monoisotopic (exact) mass is 278 g/mol. The third-order valence-electron chi connectivity index (χ3n) is 4.07. The van der Waals surface area contributed by atoms with E-state index in [1.54, 1.807) is 0 Å². The van der Waals surface area contributed by atoms with E-state index < -0.39 is 0 Å². The highest BCUT2D eigenvalue weighted by Crippen LogP contribution is 2.33. The van der Waals surface area contributed by atoms with Crippen LogP contribution in [0, 0.1) is 5.92 Å². The highest BCUT2D eigenvalue weighted by molar-refractivity contribution is 6.31. The van der Waals surface area contributed by atoms with E-state index in [2.05, 4.69) is 28.4 Å². The summed E-state index contributed by atoms with van der Waals surface area (Å²) in [5.41, 5.74) is 8.10. The Kier molecular flexibility index (Phi) is 3.15. The summed E-state index contributed by atoms with van der Waals surface area (Å²) in [4.78, 5) is 6.82. The summed E-state index contributed by atoms with van der Waals surface area (Å²) >= 11 is 6.11. The van der Waals surface area contributed by atoms with Gasteiger partial charge in [-0.25, -0.2) is 4.98 Å². The maximum absolute atomic E-state index is 6.13. The van der Waals surface area contributed by atoms with Gasteiger partial charge >= 0.3 is 0 Å². The predicted octanol–water partition coefficient (Wildman–Crippen LogP) is 2.78. The molecular formula is C14H19ClN4. The molecule has 0 saturated carbocycles. The molecular weight excluding hydrogens is 260 g/mol. The number of nitrogens with zero attached hydrogens (tertiary/aromatic N) is 3. The molecule has 2 unspecified atom stereocenters. The van der Waals surface area contributed by atoms with Gasteiger partial charge in [-0.2, -0.15) is 0 Å². The van der Waals surface area contributed by atoms with Crippen LogP contribution < -0.4 is 5.73 Å². The van der Waals surface area contributed by atoms with Crippen molar-refractivity contribution in [3.63, 3.8) is 0 Å². The van der Waals surface area contributed by atoms with Crippen molar-refractivity contribution in [1.82, 2.24) is 14.5 Å². The number of aromatic nitrogens is 2. The van der Waals surface area contributed by atoms with Gasteiger partial charge in [0.05, 0.1) is 11.0 Å². The fourth-order valence-electron chi connectivity index (χ4n) is 3.16. The smallest absolute Gasteiger partial charge is 0.201 e. The zero-order valence-corrected chi connectivity index (χ0v) is 12.1. The van der Waals surface area contributed by atoms with Crippen LogP contribution in [-0.4, -0.2) is 34.6 Å². The Balaban J connectivity index is 2.09. The number of halogens is 1. The SMILES string of the molecule is CC1CN(C)CCC1n1c(N)nc2ccc(Cl)cc21. The van der Waals surface area contributed by atoms with Crippen LogP contribution in [0.3, 0.4) is 0 Å². The maximum Gasteiger partial charge on any atom is 0.201 e. The Morgan fingerprint density at radius 1 is 1.42 bits per heavy atom. The zero-order chi connectivity index (χ0) is 13.6. The second kappa shape index (κ2) is 4.69. The number of rotatable bonds is 1. The van der Waals surface area contributed by atoms with Crippen LogP contribution in [0.4, 0.5) is 5.95 Å². The third-order valence-corrected chi connectivity index (χ3v) is 4.31. The minimum absolute atomic E-state index is 0.402. The number of piperidine rings is 1. The third kappa shape index (κ3) is 2.19. The molecule has 2 aromatic rings. The standard InChI is InChI=1S/C14H19ClN4/c1-9-8-18(2)6-5-12(9)19-13-7-10(15)3-4-11(13)17-14(19)16/h3-4,7,9,12H,5-6,8H2,1-2H3,(H2,16,17). The first kappa shape index (κ1) is 12.8. The van der Waals surface area contributed by atoms with E-state index in [-0.39, 0.29) is 0 Å². The van der Waals surface area contributed by atoms with Crippen LogP contribution in [0.2, 0.25) is 5.02 Å². The summed E-state index contributed by atoms with van der Waals surface area (Å²) in [5.74, 6) is 1.15.